The monoisotopic (exact) mass is 277 g/mol. The van der Waals surface area contributed by atoms with Gasteiger partial charge in [-0.1, -0.05) is 30.3 Å². The Kier molecular flexibility index (Phi) is 4.19. The second kappa shape index (κ2) is 6.05. The maximum Gasteiger partial charge on any atom is 0.397 e. The van der Waals surface area contributed by atoms with Gasteiger partial charge in [0.15, 0.2) is 0 Å². The number of nitrogens with one attached hydrogen (secondary N) is 1. The fourth-order valence-electron chi connectivity index (χ4n) is 1.32. The first-order chi connectivity index (χ1) is 9.20. The molecular weight excluding hydrogens is 266 g/mol. The molecule has 0 aliphatic carbocycles. The number of anilines is 1. The second-order valence-corrected chi connectivity index (χ2v) is 4.22. The topological polar surface area (TPSA) is 81.2 Å². The van der Waals surface area contributed by atoms with Gasteiger partial charge in [0.05, 0.1) is 6.61 Å². The molecule has 0 saturated heterocycles. The zero-order valence-corrected chi connectivity index (χ0v) is 10.9. The van der Waals surface area contributed by atoms with Crippen molar-refractivity contribution >= 4 is 29.4 Å². The van der Waals surface area contributed by atoms with Gasteiger partial charge in [0, 0.05) is 5.56 Å². The molecule has 1 heterocycles. The second-order valence-electron chi connectivity index (χ2n) is 3.46. The van der Waals surface area contributed by atoms with Gasteiger partial charge in [0.25, 0.3) is 0 Å². The van der Waals surface area contributed by atoms with Gasteiger partial charge < -0.3 is 4.74 Å². The summed E-state index contributed by atoms with van der Waals surface area (Å²) in [5.41, 5.74) is 0.900. The Morgan fingerprint density at radius 2 is 2.05 bits per heavy atom. The summed E-state index contributed by atoms with van der Waals surface area (Å²) >= 11 is 1.14. The molecule has 1 N–H and O–H groups in total. The molecule has 0 radical (unpaired) electrons. The van der Waals surface area contributed by atoms with Crippen LogP contribution in [0.5, 0.6) is 0 Å². The fourth-order valence-corrected chi connectivity index (χ4v) is 1.95. The highest BCUT2D eigenvalue weighted by molar-refractivity contribution is 7.09. The molecule has 0 aliphatic heterocycles. The van der Waals surface area contributed by atoms with Crippen LogP contribution in [0.25, 0.3) is 10.6 Å². The van der Waals surface area contributed by atoms with Crippen LogP contribution in [0.1, 0.15) is 6.92 Å². The maximum atomic E-state index is 11.4. The summed E-state index contributed by atoms with van der Waals surface area (Å²) < 4.78 is 8.53. The summed E-state index contributed by atoms with van der Waals surface area (Å²) in [5, 5.41) is 2.96. The van der Waals surface area contributed by atoms with Gasteiger partial charge in [-0.3, -0.25) is 10.1 Å². The Bertz CT molecular complexity index is 583. The zero-order chi connectivity index (χ0) is 13.7. The normalized spacial score (nSPS) is 9.95. The summed E-state index contributed by atoms with van der Waals surface area (Å²) in [6, 6.07) is 9.43. The van der Waals surface area contributed by atoms with Crippen molar-refractivity contribution in [3.05, 3.63) is 30.3 Å². The Labute approximate surface area is 113 Å². The first-order valence-corrected chi connectivity index (χ1v) is 6.35. The van der Waals surface area contributed by atoms with Crippen LogP contribution in [0, 0.1) is 0 Å². The highest BCUT2D eigenvalue weighted by Gasteiger charge is 2.17. The number of carbonyl (C=O) groups excluding carboxylic acids is 2. The van der Waals surface area contributed by atoms with Crippen molar-refractivity contribution in [1.29, 1.82) is 0 Å². The van der Waals surface area contributed by atoms with Crippen LogP contribution in [0.3, 0.4) is 0 Å². The van der Waals surface area contributed by atoms with Crippen LogP contribution >= 0.6 is 11.5 Å². The van der Waals surface area contributed by atoms with Crippen LogP contribution in [-0.2, 0) is 14.3 Å². The number of carbonyl (C=O) groups is 2. The lowest BCUT2D eigenvalue weighted by Gasteiger charge is -1.99. The first-order valence-electron chi connectivity index (χ1n) is 5.58. The van der Waals surface area contributed by atoms with Crippen LogP contribution in [0.15, 0.2) is 30.3 Å². The van der Waals surface area contributed by atoms with Crippen molar-refractivity contribution < 1.29 is 14.3 Å². The Morgan fingerprint density at radius 3 is 2.74 bits per heavy atom. The summed E-state index contributed by atoms with van der Waals surface area (Å²) in [4.78, 5) is 26.7. The number of rotatable bonds is 3. The van der Waals surface area contributed by atoms with E-state index in [0.717, 1.165) is 17.1 Å². The van der Waals surface area contributed by atoms with Crippen LogP contribution in [-0.4, -0.2) is 27.8 Å². The molecule has 1 aromatic carbocycles. The number of nitrogens with zero attached hydrogens (tertiary/aromatic N) is 2. The molecule has 1 amide bonds. The lowest BCUT2D eigenvalue weighted by Crippen LogP contribution is -2.25. The van der Waals surface area contributed by atoms with Gasteiger partial charge in [-0.2, -0.15) is 9.36 Å². The van der Waals surface area contributed by atoms with Gasteiger partial charge in [-0.25, -0.2) is 4.79 Å². The van der Waals surface area contributed by atoms with Crippen LogP contribution in [0.2, 0.25) is 0 Å². The third-order valence-electron chi connectivity index (χ3n) is 2.13. The standard InChI is InChI=1S/C12H11N3O3S/c1-2-18-11(17)9(16)13-12-14-10(19-15-12)8-6-4-3-5-7-8/h3-7H,2H2,1H3,(H,13,15,16). The van der Waals surface area contributed by atoms with Crippen molar-refractivity contribution in [2.45, 2.75) is 6.92 Å². The largest absolute Gasteiger partial charge is 0.459 e. The molecule has 1 aromatic heterocycles. The average Bonchev–Trinajstić information content (AvgIpc) is 2.88. The van der Waals surface area contributed by atoms with Gasteiger partial charge in [-0.05, 0) is 18.5 Å². The number of hydrogen-bond donors (Lipinski definition) is 1. The number of hydrogen-bond acceptors (Lipinski definition) is 6. The molecule has 19 heavy (non-hydrogen) atoms. The first kappa shape index (κ1) is 13.2. The van der Waals surface area contributed by atoms with Crippen LogP contribution in [0.4, 0.5) is 5.95 Å². The van der Waals surface area contributed by atoms with E-state index in [2.05, 4.69) is 19.4 Å². The predicted molar refractivity (Wildman–Crippen MR) is 70.6 cm³/mol. The lowest BCUT2D eigenvalue weighted by molar-refractivity contribution is -0.152. The summed E-state index contributed by atoms with van der Waals surface area (Å²) in [6.07, 6.45) is 0. The lowest BCUT2D eigenvalue weighted by atomic mass is 10.2. The zero-order valence-electron chi connectivity index (χ0n) is 10.1. The minimum atomic E-state index is -0.946. The highest BCUT2D eigenvalue weighted by Crippen LogP contribution is 2.22. The summed E-state index contributed by atoms with van der Waals surface area (Å²) in [5.74, 6) is -1.72. The fraction of sp³-hybridized carbons (Fsp3) is 0.167. The molecule has 6 nitrogen and oxygen atoms in total. The van der Waals surface area contributed by atoms with Crippen molar-refractivity contribution in [2.24, 2.45) is 0 Å². The minimum absolute atomic E-state index is 0.0990. The molecule has 0 fully saturated rings. The van der Waals surface area contributed by atoms with E-state index in [9.17, 15) is 9.59 Å². The van der Waals surface area contributed by atoms with E-state index in [4.69, 9.17) is 0 Å². The molecule has 0 unspecified atom stereocenters. The van der Waals surface area contributed by atoms with E-state index >= 15 is 0 Å². The molecule has 0 saturated carbocycles. The molecule has 0 bridgehead atoms. The quantitative estimate of drug-likeness (QED) is 0.682. The van der Waals surface area contributed by atoms with E-state index in [1.807, 2.05) is 30.3 Å². The molecule has 0 atom stereocenters. The SMILES string of the molecule is CCOC(=O)C(=O)Nc1nsc(-c2ccccc2)n1. The van der Waals surface area contributed by atoms with Gasteiger partial charge >= 0.3 is 11.9 Å². The number of benzene rings is 1. The van der Waals surface area contributed by atoms with E-state index in [1.165, 1.54) is 0 Å². The summed E-state index contributed by atoms with van der Waals surface area (Å²) in [6.45, 7) is 1.77. The van der Waals surface area contributed by atoms with Gasteiger partial charge in [0.2, 0.25) is 5.95 Å². The number of esters is 1. The predicted octanol–water partition coefficient (Wildman–Crippen LogP) is 1.71. The Balaban J connectivity index is 2.06. The van der Waals surface area contributed by atoms with E-state index < -0.39 is 11.9 Å². The van der Waals surface area contributed by atoms with E-state index in [1.54, 1.807) is 6.92 Å². The Hall–Kier alpha value is -2.28. The van der Waals surface area contributed by atoms with E-state index in [-0.39, 0.29) is 12.6 Å². The molecule has 2 rings (SSSR count). The van der Waals surface area contributed by atoms with Crippen molar-refractivity contribution in [3.63, 3.8) is 0 Å². The van der Waals surface area contributed by atoms with Crippen molar-refractivity contribution in [3.8, 4) is 10.6 Å². The van der Waals surface area contributed by atoms with Crippen molar-refractivity contribution in [2.75, 3.05) is 11.9 Å². The minimum Gasteiger partial charge on any atom is -0.459 e. The average molecular weight is 277 g/mol. The van der Waals surface area contributed by atoms with Crippen LogP contribution < -0.4 is 5.32 Å². The van der Waals surface area contributed by atoms with Crippen molar-refractivity contribution in [1.82, 2.24) is 9.36 Å². The molecule has 0 aliphatic rings. The third kappa shape index (κ3) is 3.35. The molecule has 98 valence electrons. The van der Waals surface area contributed by atoms with Gasteiger partial charge in [0.1, 0.15) is 5.01 Å². The molecule has 2 aromatic rings. The molecule has 7 heteroatoms. The Morgan fingerprint density at radius 1 is 1.32 bits per heavy atom. The number of ether oxygens (including phenoxy) is 1. The maximum absolute atomic E-state index is 11.4. The third-order valence-corrected chi connectivity index (χ3v) is 2.90. The molecule has 0 spiro atoms. The van der Waals surface area contributed by atoms with E-state index in [0.29, 0.717) is 5.01 Å². The smallest absolute Gasteiger partial charge is 0.397 e. The molecular formula is C12H11N3O3S. The number of aromatic nitrogens is 2. The number of amides is 1. The highest BCUT2D eigenvalue weighted by atomic mass is 32.1. The van der Waals surface area contributed by atoms with Gasteiger partial charge in [-0.15, -0.1) is 0 Å². The summed E-state index contributed by atoms with van der Waals surface area (Å²) in [7, 11) is 0.